The summed E-state index contributed by atoms with van der Waals surface area (Å²) in [4.78, 5) is 12.0. The van der Waals surface area contributed by atoms with Crippen LogP contribution in [0.25, 0.3) is 0 Å². The van der Waals surface area contributed by atoms with Crippen molar-refractivity contribution in [3.05, 3.63) is 29.8 Å². The molecule has 1 amide bonds. The molecule has 0 heterocycles. The van der Waals surface area contributed by atoms with Gasteiger partial charge < -0.3 is 15.4 Å². The highest BCUT2D eigenvalue weighted by Crippen LogP contribution is 2.34. The molecule has 0 saturated heterocycles. The molecule has 1 saturated carbocycles. The van der Waals surface area contributed by atoms with E-state index in [1.165, 1.54) is 6.42 Å². The van der Waals surface area contributed by atoms with Crippen molar-refractivity contribution < 1.29 is 9.53 Å². The molecule has 0 spiro atoms. The minimum atomic E-state index is -0.124. The molecule has 1 aliphatic carbocycles. The van der Waals surface area contributed by atoms with Crippen LogP contribution in [0.5, 0.6) is 0 Å². The summed E-state index contributed by atoms with van der Waals surface area (Å²) in [6, 6.07) is 7.43. The number of carbonyl (C=O) groups excluding carboxylic acids is 1. The van der Waals surface area contributed by atoms with Gasteiger partial charge in [-0.05, 0) is 43.5 Å². The molecule has 0 radical (unpaired) electrons. The van der Waals surface area contributed by atoms with Gasteiger partial charge in [0.1, 0.15) is 0 Å². The number of rotatable bonds is 5. The van der Waals surface area contributed by atoms with Crippen LogP contribution in [0.1, 0.15) is 29.6 Å². The Morgan fingerprint density at radius 3 is 2.44 bits per heavy atom. The molecule has 0 aromatic heterocycles. The topological polar surface area (TPSA) is 50.4 Å². The van der Waals surface area contributed by atoms with Crippen LogP contribution in [-0.4, -0.2) is 32.2 Å². The highest BCUT2D eigenvalue weighted by molar-refractivity contribution is 5.94. The van der Waals surface area contributed by atoms with E-state index in [9.17, 15) is 4.79 Å². The number of hydrogen-bond donors (Lipinski definition) is 2. The molecule has 2 rings (SSSR count). The lowest BCUT2D eigenvalue weighted by Gasteiger charge is -2.40. The summed E-state index contributed by atoms with van der Waals surface area (Å²) in [6.07, 6.45) is 3.24. The molecule has 0 atom stereocenters. The Morgan fingerprint density at radius 2 is 2.00 bits per heavy atom. The number of anilines is 1. The summed E-state index contributed by atoms with van der Waals surface area (Å²) in [5.74, 6) is -0.0408. The van der Waals surface area contributed by atoms with E-state index >= 15 is 0 Å². The molecule has 0 bridgehead atoms. The average molecular weight is 248 g/mol. The minimum Gasteiger partial charge on any atom is -0.388 e. The van der Waals surface area contributed by atoms with E-state index in [1.54, 1.807) is 7.11 Å². The molecule has 0 aliphatic heterocycles. The predicted molar refractivity (Wildman–Crippen MR) is 71.9 cm³/mol. The lowest BCUT2D eigenvalue weighted by atomic mass is 9.80. The number of benzene rings is 1. The summed E-state index contributed by atoms with van der Waals surface area (Å²) < 4.78 is 5.47. The third-order valence-corrected chi connectivity index (χ3v) is 3.70. The van der Waals surface area contributed by atoms with Crippen molar-refractivity contribution in [3.8, 4) is 0 Å². The first-order chi connectivity index (χ1) is 8.69. The first-order valence-electron chi connectivity index (χ1n) is 6.30. The van der Waals surface area contributed by atoms with E-state index in [1.807, 2.05) is 31.3 Å². The van der Waals surface area contributed by atoms with Crippen LogP contribution < -0.4 is 10.6 Å². The molecule has 2 N–H and O–H groups in total. The van der Waals surface area contributed by atoms with Crippen LogP contribution in [0.2, 0.25) is 0 Å². The van der Waals surface area contributed by atoms with Crippen LogP contribution in [-0.2, 0) is 4.74 Å². The quantitative estimate of drug-likeness (QED) is 0.838. The standard InChI is InChI=1S/C14H20N2O2/c1-15-12-6-4-11(5-7-12)13(17)16-10-14(18-2)8-3-9-14/h4-7,15H,3,8-10H2,1-2H3,(H,16,17). The molecule has 4 heteroatoms. The van der Waals surface area contributed by atoms with Gasteiger partial charge in [-0.2, -0.15) is 0 Å². The van der Waals surface area contributed by atoms with Crippen molar-refractivity contribution in [2.24, 2.45) is 0 Å². The van der Waals surface area contributed by atoms with E-state index in [-0.39, 0.29) is 11.5 Å². The number of carbonyl (C=O) groups is 1. The van der Waals surface area contributed by atoms with Gasteiger partial charge in [0.25, 0.3) is 5.91 Å². The normalized spacial score (nSPS) is 16.8. The molecule has 18 heavy (non-hydrogen) atoms. The van der Waals surface area contributed by atoms with Gasteiger partial charge in [-0.3, -0.25) is 4.79 Å². The summed E-state index contributed by atoms with van der Waals surface area (Å²) in [7, 11) is 3.57. The molecule has 1 aromatic rings. The molecule has 4 nitrogen and oxygen atoms in total. The molecule has 1 fully saturated rings. The molecule has 98 valence electrons. The Morgan fingerprint density at radius 1 is 1.33 bits per heavy atom. The Balaban J connectivity index is 1.90. The number of ether oxygens (including phenoxy) is 1. The van der Waals surface area contributed by atoms with E-state index < -0.39 is 0 Å². The number of nitrogens with one attached hydrogen (secondary N) is 2. The third-order valence-electron chi connectivity index (χ3n) is 3.70. The molecule has 1 aliphatic rings. The largest absolute Gasteiger partial charge is 0.388 e. The van der Waals surface area contributed by atoms with E-state index in [4.69, 9.17) is 4.74 Å². The van der Waals surface area contributed by atoms with Gasteiger partial charge >= 0.3 is 0 Å². The smallest absolute Gasteiger partial charge is 0.251 e. The van der Waals surface area contributed by atoms with Gasteiger partial charge in [0, 0.05) is 32.0 Å². The van der Waals surface area contributed by atoms with Gasteiger partial charge in [0.15, 0.2) is 0 Å². The van der Waals surface area contributed by atoms with E-state index in [0.717, 1.165) is 18.5 Å². The van der Waals surface area contributed by atoms with Crippen molar-refractivity contribution in [1.82, 2.24) is 5.32 Å². The second kappa shape index (κ2) is 5.40. The highest BCUT2D eigenvalue weighted by atomic mass is 16.5. The molecular weight excluding hydrogens is 228 g/mol. The third kappa shape index (κ3) is 2.64. The maximum Gasteiger partial charge on any atom is 0.251 e. The Kier molecular flexibility index (Phi) is 3.87. The van der Waals surface area contributed by atoms with Crippen LogP contribution in [0.4, 0.5) is 5.69 Å². The minimum absolute atomic E-state index is 0.0408. The predicted octanol–water partition coefficient (Wildman–Crippen LogP) is 2.03. The van der Waals surface area contributed by atoms with Crippen molar-refractivity contribution in [3.63, 3.8) is 0 Å². The monoisotopic (exact) mass is 248 g/mol. The summed E-state index contributed by atoms with van der Waals surface area (Å²) in [6.45, 7) is 0.593. The molecular formula is C14H20N2O2. The van der Waals surface area contributed by atoms with E-state index in [0.29, 0.717) is 12.1 Å². The van der Waals surface area contributed by atoms with Crippen LogP contribution in [0.15, 0.2) is 24.3 Å². The maximum absolute atomic E-state index is 12.0. The van der Waals surface area contributed by atoms with Crippen LogP contribution in [0.3, 0.4) is 0 Å². The van der Waals surface area contributed by atoms with Crippen molar-refractivity contribution >= 4 is 11.6 Å². The number of methoxy groups -OCH3 is 1. The fraction of sp³-hybridized carbons (Fsp3) is 0.500. The summed E-state index contributed by atoms with van der Waals surface area (Å²) in [5.41, 5.74) is 1.55. The number of hydrogen-bond acceptors (Lipinski definition) is 3. The second-order valence-electron chi connectivity index (χ2n) is 4.75. The fourth-order valence-corrected chi connectivity index (χ4v) is 2.16. The first-order valence-corrected chi connectivity index (χ1v) is 6.30. The van der Waals surface area contributed by atoms with Gasteiger partial charge in [0.05, 0.1) is 5.60 Å². The lowest BCUT2D eigenvalue weighted by molar-refractivity contribution is -0.0679. The Hall–Kier alpha value is -1.55. The van der Waals surface area contributed by atoms with Crippen LogP contribution in [0, 0.1) is 0 Å². The van der Waals surface area contributed by atoms with Crippen LogP contribution >= 0.6 is 0 Å². The van der Waals surface area contributed by atoms with E-state index in [2.05, 4.69) is 10.6 Å². The zero-order chi connectivity index (χ0) is 13.0. The van der Waals surface area contributed by atoms with Crippen molar-refractivity contribution in [1.29, 1.82) is 0 Å². The van der Waals surface area contributed by atoms with Gasteiger partial charge in [-0.15, -0.1) is 0 Å². The SMILES string of the molecule is CNc1ccc(C(=O)NCC2(OC)CCC2)cc1. The summed E-state index contributed by atoms with van der Waals surface area (Å²) >= 11 is 0. The Bertz CT molecular complexity index is 405. The van der Waals surface area contributed by atoms with Gasteiger partial charge in [-0.1, -0.05) is 0 Å². The highest BCUT2D eigenvalue weighted by Gasteiger charge is 2.37. The zero-order valence-electron chi connectivity index (χ0n) is 11.0. The molecule has 0 unspecified atom stereocenters. The molecule has 1 aromatic carbocycles. The summed E-state index contributed by atoms with van der Waals surface area (Å²) in [5, 5.41) is 5.97. The van der Waals surface area contributed by atoms with Gasteiger partial charge in [0.2, 0.25) is 0 Å². The fourth-order valence-electron chi connectivity index (χ4n) is 2.16. The lowest BCUT2D eigenvalue weighted by Crippen LogP contribution is -2.49. The van der Waals surface area contributed by atoms with Crippen molar-refractivity contribution in [2.45, 2.75) is 24.9 Å². The van der Waals surface area contributed by atoms with Gasteiger partial charge in [-0.25, -0.2) is 0 Å². The van der Waals surface area contributed by atoms with Crippen molar-refractivity contribution in [2.75, 3.05) is 26.0 Å². The average Bonchev–Trinajstić information content (AvgIpc) is 2.38. The second-order valence-corrected chi connectivity index (χ2v) is 4.75. The Labute approximate surface area is 108 Å². The number of amides is 1. The maximum atomic E-state index is 12.0. The first kappa shape index (κ1) is 12.9. The zero-order valence-corrected chi connectivity index (χ0v) is 11.0.